The monoisotopic (exact) mass is 290 g/mol. The molecule has 1 aliphatic heterocycles. The van der Waals surface area contributed by atoms with Crippen LogP contribution in [0, 0.1) is 0 Å². The maximum Gasteiger partial charge on any atom is 0.408 e. The first kappa shape index (κ1) is 15.2. The topological polar surface area (TPSA) is 58.6 Å². The molecule has 1 atom stereocenters. The van der Waals surface area contributed by atoms with Gasteiger partial charge in [0.1, 0.15) is 11.9 Å². The molecule has 5 nitrogen and oxygen atoms in total. The smallest absolute Gasteiger partial charge is 0.408 e. The van der Waals surface area contributed by atoms with Gasteiger partial charge in [0.05, 0.1) is 23.5 Å². The highest BCUT2D eigenvalue weighted by Crippen LogP contribution is 2.19. The van der Waals surface area contributed by atoms with Gasteiger partial charge in [-0.1, -0.05) is 12.2 Å². The molecule has 1 rings (SSSR count). The number of rotatable bonds is 3. The fraction of sp³-hybridized carbons (Fsp3) is 0.727. The molecular weight excluding hydrogens is 272 g/mol. The number of hydrogen-bond acceptors (Lipinski definition) is 5. The summed E-state index contributed by atoms with van der Waals surface area (Å²) in [6.45, 7) is 5.61. The number of ether oxygens (including phenoxy) is 1. The van der Waals surface area contributed by atoms with Crippen molar-refractivity contribution in [3.05, 3.63) is 0 Å². The molecule has 18 heavy (non-hydrogen) atoms. The normalized spacial score (nSPS) is 19.5. The molecule has 0 aromatic rings. The number of hydrogen-bond donors (Lipinski definition) is 1. The summed E-state index contributed by atoms with van der Waals surface area (Å²) in [6, 6.07) is -0.178. The lowest BCUT2D eigenvalue weighted by Gasteiger charge is -2.24. The van der Waals surface area contributed by atoms with Crippen molar-refractivity contribution in [2.24, 2.45) is 0 Å². The Bertz CT molecular complexity index is 342. The molecule has 1 amide bonds. The Morgan fingerprint density at radius 1 is 1.61 bits per heavy atom. The Labute approximate surface area is 117 Å². The number of aldehydes is 1. The Hall–Kier alpha value is -0.820. The van der Waals surface area contributed by atoms with Gasteiger partial charge < -0.3 is 19.7 Å². The van der Waals surface area contributed by atoms with Crippen LogP contribution in [0.5, 0.6) is 0 Å². The van der Waals surface area contributed by atoms with Crippen molar-refractivity contribution in [2.75, 3.05) is 18.2 Å². The molecule has 1 heterocycles. The molecule has 102 valence electrons. The highest BCUT2D eigenvalue weighted by Gasteiger charge is 2.26. The third-order valence-corrected chi connectivity index (χ3v) is 3.60. The third kappa shape index (κ3) is 4.81. The molecule has 7 heteroatoms. The number of thioether (sulfide) groups is 1. The van der Waals surface area contributed by atoms with Gasteiger partial charge in [-0.2, -0.15) is 0 Å². The second kappa shape index (κ2) is 6.38. The van der Waals surface area contributed by atoms with Gasteiger partial charge in [-0.3, -0.25) is 0 Å². The molecule has 0 aliphatic carbocycles. The van der Waals surface area contributed by atoms with Crippen LogP contribution in [-0.4, -0.2) is 52.1 Å². The fourth-order valence-electron chi connectivity index (χ4n) is 1.39. The van der Waals surface area contributed by atoms with E-state index in [9.17, 15) is 9.59 Å². The van der Waals surface area contributed by atoms with Crippen molar-refractivity contribution in [1.29, 1.82) is 0 Å². The first-order chi connectivity index (χ1) is 8.33. The van der Waals surface area contributed by atoms with Gasteiger partial charge in [0.2, 0.25) is 0 Å². The van der Waals surface area contributed by atoms with Gasteiger partial charge >= 0.3 is 6.09 Å². The maximum absolute atomic E-state index is 11.4. The minimum atomic E-state index is -0.527. The van der Waals surface area contributed by atoms with Crippen LogP contribution < -0.4 is 5.32 Å². The predicted octanol–water partition coefficient (Wildman–Crippen LogP) is 1.41. The van der Waals surface area contributed by atoms with Crippen molar-refractivity contribution < 1.29 is 14.3 Å². The molecule has 0 saturated carbocycles. The summed E-state index contributed by atoms with van der Waals surface area (Å²) >= 11 is 6.85. The molecular formula is C11H18N2O3S2. The molecule has 1 saturated heterocycles. The van der Waals surface area contributed by atoms with E-state index < -0.39 is 11.7 Å². The summed E-state index contributed by atoms with van der Waals surface area (Å²) in [5.74, 6) is 1.44. The van der Waals surface area contributed by atoms with Crippen molar-refractivity contribution in [2.45, 2.75) is 32.4 Å². The van der Waals surface area contributed by atoms with Crippen LogP contribution >= 0.6 is 24.0 Å². The predicted molar refractivity (Wildman–Crippen MR) is 75.9 cm³/mol. The molecule has 1 aliphatic rings. The molecule has 0 spiro atoms. The van der Waals surface area contributed by atoms with E-state index in [1.54, 1.807) is 32.5 Å². The minimum Gasteiger partial charge on any atom is -0.444 e. The molecule has 0 aromatic carbocycles. The van der Waals surface area contributed by atoms with Crippen molar-refractivity contribution in [1.82, 2.24) is 10.2 Å². The molecule has 1 N–H and O–H groups in total. The summed E-state index contributed by atoms with van der Waals surface area (Å²) in [6.07, 6.45) is 0.388. The van der Waals surface area contributed by atoms with Crippen LogP contribution in [0.3, 0.4) is 0 Å². The summed E-state index contributed by atoms with van der Waals surface area (Å²) in [5.41, 5.74) is -0.527. The fourth-order valence-corrected chi connectivity index (χ4v) is 2.89. The zero-order valence-corrected chi connectivity index (χ0v) is 12.4. The van der Waals surface area contributed by atoms with Gasteiger partial charge in [0.25, 0.3) is 0 Å². The zero-order valence-electron chi connectivity index (χ0n) is 10.8. The molecule has 0 radical (unpaired) electrons. The highest BCUT2D eigenvalue weighted by atomic mass is 32.2. The minimum absolute atomic E-state index is 0.178. The standard InChI is InChI=1S/C11H18N2O3S2/c1-11(2,3)16-10(15)12-4-9(17)13-7-18-6-8(13)5-14/h5,8H,4,6-7H2,1-3H3,(H,12,15). The van der Waals surface area contributed by atoms with Crippen molar-refractivity contribution in [3.63, 3.8) is 0 Å². The van der Waals surface area contributed by atoms with Crippen LogP contribution in [0.4, 0.5) is 4.79 Å². The van der Waals surface area contributed by atoms with E-state index in [1.807, 2.05) is 4.90 Å². The number of nitrogens with zero attached hydrogens (tertiary/aromatic N) is 1. The Morgan fingerprint density at radius 3 is 2.83 bits per heavy atom. The zero-order chi connectivity index (χ0) is 13.8. The van der Waals surface area contributed by atoms with Crippen molar-refractivity contribution >= 4 is 41.3 Å². The molecule has 0 bridgehead atoms. The summed E-state index contributed by atoms with van der Waals surface area (Å²) in [5, 5.41) is 2.59. The van der Waals surface area contributed by atoms with Crippen LogP contribution in [0.15, 0.2) is 0 Å². The number of nitrogens with one attached hydrogen (secondary N) is 1. The second-order valence-corrected chi connectivity index (χ2v) is 6.39. The lowest BCUT2D eigenvalue weighted by atomic mass is 10.2. The number of thiocarbonyl (C=S) groups is 1. The number of carbonyl (C=O) groups is 2. The van der Waals surface area contributed by atoms with E-state index >= 15 is 0 Å². The highest BCUT2D eigenvalue weighted by molar-refractivity contribution is 7.99. The largest absolute Gasteiger partial charge is 0.444 e. The van der Waals surface area contributed by atoms with Crippen LogP contribution in [0.1, 0.15) is 20.8 Å². The average Bonchev–Trinajstić information content (AvgIpc) is 2.71. The summed E-state index contributed by atoms with van der Waals surface area (Å²) in [7, 11) is 0. The number of alkyl carbamates (subject to hydrolysis) is 1. The quantitative estimate of drug-likeness (QED) is 0.626. The van der Waals surface area contributed by atoms with Crippen molar-refractivity contribution in [3.8, 4) is 0 Å². The number of carbonyl (C=O) groups excluding carboxylic acids is 2. The first-order valence-corrected chi connectivity index (χ1v) is 7.19. The van der Waals surface area contributed by atoms with Crippen LogP contribution in [-0.2, 0) is 9.53 Å². The van der Waals surface area contributed by atoms with E-state index in [0.29, 0.717) is 10.9 Å². The Kier molecular flexibility index (Phi) is 5.40. The second-order valence-electron chi connectivity index (χ2n) is 4.92. The van der Waals surface area contributed by atoms with E-state index in [4.69, 9.17) is 17.0 Å². The number of amides is 1. The van der Waals surface area contributed by atoms with E-state index in [-0.39, 0.29) is 12.6 Å². The van der Waals surface area contributed by atoms with Gasteiger partial charge in [-0.05, 0) is 20.8 Å². The van der Waals surface area contributed by atoms with Crippen LogP contribution in [0.25, 0.3) is 0 Å². The van der Waals surface area contributed by atoms with Gasteiger partial charge in [0, 0.05) is 5.75 Å². The van der Waals surface area contributed by atoms with E-state index in [2.05, 4.69) is 5.32 Å². The molecule has 1 unspecified atom stereocenters. The van der Waals surface area contributed by atoms with E-state index in [1.165, 1.54) is 0 Å². The van der Waals surface area contributed by atoms with E-state index in [0.717, 1.165) is 12.0 Å². The lowest BCUT2D eigenvalue weighted by molar-refractivity contribution is -0.110. The molecule has 1 fully saturated rings. The molecule has 0 aromatic heterocycles. The summed E-state index contributed by atoms with van der Waals surface area (Å²) < 4.78 is 5.10. The van der Waals surface area contributed by atoms with Gasteiger partial charge in [0.15, 0.2) is 0 Å². The van der Waals surface area contributed by atoms with Gasteiger partial charge in [-0.25, -0.2) is 4.79 Å². The first-order valence-electron chi connectivity index (χ1n) is 5.63. The maximum atomic E-state index is 11.4. The Morgan fingerprint density at radius 2 is 2.28 bits per heavy atom. The Balaban J connectivity index is 2.37. The summed E-state index contributed by atoms with van der Waals surface area (Å²) in [4.78, 5) is 24.6. The average molecular weight is 290 g/mol. The third-order valence-electron chi connectivity index (χ3n) is 2.18. The van der Waals surface area contributed by atoms with Crippen LogP contribution in [0.2, 0.25) is 0 Å². The van der Waals surface area contributed by atoms with Gasteiger partial charge in [-0.15, -0.1) is 11.8 Å². The lowest BCUT2D eigenvalue weighted by Crippen LogP contribution is -2.43. The SMILES string of the molecule is CC(C)(C)OC(=O)NCC(=S)N1CSCC1C=O.